The van der Waals surface area contributed by atoms with Crippen molar-refractivity contribution in [1.82, 2.24) is 5.32 Å². The van der Waals surface area contributed by atoms with Crippen LogP contribution in [0.4, 0.5) is 5.69 Å². The van der Waals surface area contributed by atoms with Gasteiger partial charge in [-0.3, -0.25) is 0 Å². The van der Waals surface area contributed by atoms with Crippen LogP contribution in [0.1, 0.15) is 17.9 Å². The lowest BCUT2D eigenvalue weighted by atomic mass is 9.89. The minimum absolute atomic E-state index is 0.631. The lowest BCUT2D eigenvalue weighted by Crippen LogP contribution is -2.40. The number of hydrogen-bond acceptors (Lipinski definition) is 2. The highest BCUT2D eigenvalue weighted by molar-refractivity contribution is 5.59. The SMILES string of the molecule is c1ccc2c(c1)N[C@@H]1CNCC[C@@H]21. The Morgan fingerprint density at radius 1 is 1.23 bits per heavy atom. The first-order chi connectivity index (χ1) is 6.45. The molecule has 2 atom stereocenters. The first kappa shape index (κ1) is 7.39. The average Bonchev–Trinajstić information content (AvgIpc) is 2.56. The van der Waals surface area contributed by atoms with Gasteiger partial charge in [-0.05, 0) is 24.6 Å². The van der Waals surface area contributed by atoms with Crippen LogP contribution < -0.4 is 10.6 Å². The van der Waals surface area contributed by atoms with Gasteiger partial charge in [0, 0.05) is 24.2 Å². The van der Waals surface area contributed by atoms with Gasteiger partial charge in [-0.2, -0.15) is 0 Å². The molecule has 0 bridgehead atoms. The van der Waals surface area contributed by atoms with Crippen molar-refractivity contribution in [3.05, 3.63) is 29.8 Å². The predicted molar refractivity (Wildman–Crippen MR) is 54.1 cm³/mol. The largest absolute Gasteiger partial charge is 0.380 e. The van der Waals surface area contributed by atoms with Crippen LogP contribution in [-0.2, 0) is 0 Å². The standard InChI is InChI=1S/C11H14N2/c1-2-4-10-8(3-1)9-5-6-12-7-11(9)13-10/h1-4,9,11-13H,5-7H2/t9-,11+/m0/s1. The van der Waals surface area contributed by atoms with Crippen LogP contribution in [0.5, 0.6) is 0 Å². The molecule has 1 aromatic carbocycles. The number of anilines is 1. The molecule has 1 saturated heterocycles. The number of piperidine rings is 1. The third kappa shape index (κ3) is 1.05. The number of benzene rings is 1. The third-order valence-electron chi connectivity index (χ3n) is 3.18. The number of fused-ring (bicyclic) bond motifs is 3. The molecule has 2 heterocycles. The average molecular weight is 174 g/mol. The van der Waals surface area contributed by atoms with Crippen LogP contribution in [0.2, 0.25) is 0 Å². The summed E-state index contributed by atoms with van der Waals surface area (Å²) in [5.41, 5.74) is 2.87. The van der Waals surface area contributed by atoms with Crippen molar-refractivity contribution in [2.24, 2.45) is 0 Å². The van der Waals surface area contributed by atoms with Gasteiger partial charge >= 0.3 is 0 Å². The molecule has 0 saturated carbocycles. The van der Waals surface area contributed by atoms with Gasteiger partial charge in [0.15, 0.2) is 0 Å². The zero-order chi connectivity index (χ0) is 8.67. The quantitative estimate of drug-likeness (QED) is 0.623. The van der Waals surface area contributed by atoms with Crippen LogP contribution in [0.25, 0.3) is 0 Å². The van der Waals surface area contributed by atoms with E-state index in [4.69, 9.17) is 0 Å². The van der Waals surface area contributed by atoms with Crippen molar-refractivity contribution >= 4 is 5.69 Å². The predicted octanol–water partition coefficient (Wildman–Crippen LogP) is 1.56. The van der Waals surface area contributed by atoms with Crippen molar-refractivity contribution in [2.45, 2.75) is 18.4 Å². The molecule has 68 valence electrons. The third-order valence-corrected chi connectivity index (χ3v) is 3.18. The minimum Gasteiger partial charge on any atom is -0.380 e. The van der Waals surface area contributed by atoms with Crippen LogP contribution in [0, 0.1) is 0 Å². The molecule has 3 rings (SSSR count). The summed E-state index contributed by atoms with van der Waals surface area (Å²) in [6, 6.07) is 9.33. The van der Waals surface area contributed by atoms with Gasteiger partial charge in [0.1, 0.15) is 0 Å². The van der Waals surface area contributed by atoms with E-state index in [2.05, 4.69) is 34.9 Å². The van der Waals surface area contributed by atoms with Crippen LogP contribution in [0.3, 0.4) is 0 Å². The summed E-state index contributed by atoms with van der Waals surface area (Å²) in [6.07, 6.45) is 1.27. The summed E-state index contributed by atoms with van der Waals surface area (Å²) in [4.78, 5) is 0. The molecule has 1 aromatic rings. The zero-order valence-corrected chi connectivity index (χ0v) is 7.59. The highest BCUT2D eigenvalue weighted by Crippen LogP contribution is 2.38. The van der Waals surface area contributed by atoms with Crippen LogP contribution in [0.15, 0.2) is 24.3 Å². The van der Waals surface area contributed by atoms with E-state index in [1.54, 1.807) is 0 Å². The van der Waals surface area contributed by atoms with Crippen LogP contribution in [-0.4, -0.2) is 19.1 Å². The van der Waals surface area contributed by atoms with Gasteiger partial charge in [-0.15, -0.1) is 0 Å². The number of para-hydroxylation sites is 1. The normalized spacial score (nSPS) is 30.5. The van der Waals surface area contributed by atoms with Crippen molar-refractivity contribution in [2.75, 3.05) is 18.4 Å². The summed E-state index contributed by atoms with van der Waals surface area (Å²) >= 11 is 0. The summed E-state index contributed by atoms with van der Waals surface area (Å²) in [5.74, 6) is 0.748. The maximum Gasteiger partial charge on any atom is 0.0455 e. The second-order valence-corrected chi connectivity index (χ2v) is 3.94. The first-order valence-electron chi connectivity index (χ1n) is 5.01. The molecule has 0 unspecified atom stereocenters. The smallest absolute Gasteiger partial charge is 0.0455 e. The van der Waals surface area contributed by atoms with Crippen molar-refractivity contribution in [1.29, 1.82) is 0 Å². The van der Waals surface area contributed by atoms with E-state index in [1.165, 1.54) is 17.7 Å². The topological polar surface area (TPSA) is 24.1 Å². The molecule has 2 nitrogen and oxygen atoms in total. The van der Waals surface area contributed by atoms with E-state index in [0.29, 0.717) is 6.04 Å². The molecule has 0 aromatic heterocycles. The lowest BCUT2D eigenvalue weighted by Gasteiger charge is -2.26. The Morgan fingerprint density at radius 2 is 2.15 bits per heavy atom. The fourth-order valence-electron chi connectivity index (χ4n) is 2.53. The van der Waals surface area contributed by atoms with Crippen molar-refractivity contribution in [3.63, 3.8) is 0 Å². The van der Waals surface area contributed by atoms with E-state index in [-0.39, 0.29) is 0 Å². The molecular weight excluding hydrogens is 160 g/mol. The summed E-state index contributed by atoms with van der Waals surface area (Å²) in [7, 11) is 0. The summed E-state index contributed by atoms with van der Waals surface area (Å²) < 4.78 is 0. The summed E-state index contributed by atoms with van der Waals surface area (Å²) in [6.45, 7) is 2.27. The van der Waals surface area contributed by atoms with E-state index in [0.717, 1.165) is 19.0 Å². The fraction of sp³-hybridized carbons (Fsp3) is 0.455. The highest BCUT2D eigenvalue weighted by atomic mass is 15.0. The van der Waals surface area contributed by atoms with Gasteiger partial charge in [0.2, 0.25) is 0 Å². The number of rotatable bonds is 0. The van der Waals surface area contributed by atoms with Crippen LogP contribution >= 0.6 is 0 Å². The molecule has 13 heavy (non-hydrogen) atoms. The monoisotopic (exact) mass is 174 g/mol. The maximum absolute atomic E-state index is 3.57. The Morgan fingerprint density at radius 3 is 3.15 bits per heavy atom. The lowest BCUT2D eigenvalue weighted by molar-refractivity contribution is 0.439. The molecule has 0 aliphatic carbocycles. The van der Waals surface area contributed by atoms with E-state index < -0.39 is 0 Å². The highest BCUT2D eigenvalue weighted by Gasteiger charge is 2.33. The first-order valence-corrected chi connectivity index (χ1v) is 5.01. The maximum atomic E-state index is 3.57. The molecule has 0 spiro atoms. The van der Waals surface area contributed by atoms with Gasteiger partial charge < -0.3 is 10.6 Å². The molecule has 2 N–H and O–H groups in total. The molecule has 0 amide bonds. The molecule has 2 aliphatic heterocycles. The Bertz CT molecular complexity index is 322. The van der Waals surface area contributed by atoms with E-state index in [1.807, 2.05) is 0 Å². The second-order valence-electron chi connectivity index (χ2n) is 3.94. The molecule has 2 aliphatic rings. The van der Waals surface area contributed by atoms with Gasteiger partial charge in [0.25, 0.3) is 0 Å². The summed E-state index contributed by atoms with van der Waals surface area (Å²) in [5, 5.41) is 7.00. The van der Waals surface area contributed by atoms with Gasteiger partial charge in [0.05, 0.1) is 0 Å². The number of hydrogen-bond donors (Lipinski definition) is 2. The molecular formula is C11H14N2. The Hall–Kier alpha value is -1.02. The van der Waals surface area contributed by atoms with Gasteiger partial charge in [-0.25, -0.2) is 0 Å². The molecule has 0 radical (unpaired) electrons. The molecule has 1 fully saturated rings. The minimum atomic E-state index is 0.631. The Labute approximate surface area is 78.3 Å². The van der Waals surface area contributed by atoms with E-state index >= 15 is 0 Å². The Balaban J connectivity index is 2.01. The van der Waals surface area contributed by atoms with Crippen molar-refractivity contribution < 1.29 is 0 Å². The Kier molecular flexibility index (Phi) is 1.56. The molecule has 2 heteroatoms. The van der Waals surface area contributed by atoms with Gasteiger partial charge in [-0.1, -0.05) is 18.2 Å². The van der Waals surface area contributed by atoms with E-state index in [9.17, 15) is 0 Å². The van der Waals surface area contributed by atoms with Crippen molar-refractivity contribution in [3.8, 4) is 0 Å². The second kappa shape index (κ2) is 2.74. The number of nitrogens with one attached hydrogen (secondary N) is 2. The zero-order valence-electron chi connectivity index (χ0n) is 7.59. The fourth-order valence-corrected chi connectivity index (χ4v) is 2.53.